The van der Waals surface area contributed by atoms with Gasteiger partial charge in [0.05, 0.1) is 28.2 Å². The Labute approximate surface area is 234 Å². The molecule has 1 aromatic heterocycles. The summed E-state index contributed by atoms with van der Waals surface area (Å²) in [5, 5.41) is 12.3. The summed E-state index contributed by atoms with van der Waals surface area (Å²) < 4.78 is 17.3. The highest BCUT2D eigenvalue weighted by molar-refractivity contribution is 9.10. The number of rotatable bonds is 6. The summed E-state index contributed by atoms with van der Waals surface area (Å²) in [5.74, 6) is 0.792. The lowest BCUT2D eigenvalue weighted by atomic mass is 9.89. The molecule has 13 heteroatoms. The predicted molar refractivity (Wildman–Crippen MR) is 145 cm³/mol. The quantitative estimate of drug-likeness (QED) is 0.242. The van der Waals surface area contributed by atoms with Crippen LogP contribution in [0.2, 0.25) is 5.15 Å². The van der Waals surface area contributed by atoms with Crippen LogP contribution in [0.5, 0.6) is 5.75 Å². The summed E-state index contributed by atoms with van der Waals surface area (Å²) in [6, 6.07) is 3.40. The van der Waals surface area contributed by atoms with Crippen LogP contribution in [0.1, 0.15) is 50.7 Å². The Morgan fingerprint density at radius 3 is 2.53 bits per heavy atom. The number of likely N-dealkylation sites (tertiary alicyclic amines) is 1. The third-order valence-electron chi connectivity index (χ3n) is 6.40. The number of piperidine rings is 1. The molecule has 2 fully saturated rings. The Morgan fingerprint density at radius 2 is 1.89 bits per heavy atom. The number of benzene rings is 1. The average molecular weight is 613 g/mol. The Bertz CT molecular complexity index is 1180. The molecule has 11 nitrogen and oxygen atoms in total. The molecule has 0 aliphatic carbocycles. The van der Waals surface area contributed by atoms with Gasteiger partial charge in [-0.1, -0.05) is 11.6 Å². The Hall–Kier alpha value is -2.70. The van der Waals surface area contributed by atoms with Gasteiger partial charge in [0.1, 0.15) is 29.5 Å². The first kappa shape index (κ1) is 28.3. The summed E-state index contributed by atoms with van der Waals surface area (Å²) >= 11 is 9.86. The number of nitro groups is 1. The number of nitro benzene ring substituents is 1. The molecule has 206 valence electrons. The molecule has 0 radical (unpaired) electrons. The molecule has 0 bridgehead atoms. The van der Waals surface area contributed by atoms with Crippen molar-refractivity contribution in [3.05, 3.63) is 49.3 Å². The number of hydrogen-bond donors (Lipinski definition) is 0. The van der Waals surface area contributed by atoms with Gasteiger partial charge >= 0.3 is 11.8 Å². The van der Waals surface area contributed by atoms with Gasteiger partial charge in [-0.3, -0.25) is 10.1 Å². The maximum absolute atomic E-state index is 12.4. The van der Waals surface area contributed by atoms with Crippen molar-refractivity contribution in [2.75, 3.05) is 44.3 Å². The van der Waals surface area contributed by atoms with Crippen LogP contribution in [-0.4, -0.2) is 70.9 Å². The van der Waals surface area contributed by atoms with Gasteiger partial charge < -0.3 is 24.0 Å². The maximum atomic E-state index is 12.4. The molecule has 1 aromatic carbocycles. The third-order valence-corrected chi connectivity index (χ3v) is 7.32. The highest BCUT2D eigenvalue weighted by atomic mass is 79.9. The number of carbonyl (C=O) groups excluding carboxylic acids is 1. The van der Waals surface area contributed by atoms with Gasteiger partial charge in [0.2, 0.25) is 5.75 Å². The largest absolute Gasteiger partial charge is 0.481 e. The maximum Gasteiger partial charge on any atom is 0.410 e. The number of aromatic nitrogens is 2. The number of anilines is 1. The van der Waals surface area contributed by atoms with Gasteiger partial charge in [0.15, 0.2) is 0 Å². The van der Waals surface area contributed by atoms with E-state index in [9.17, 15) is 14.9 Å². The normalized spacial score (nSPS) is 16.9. The Morgan fingerprint density at radius 1 is 1.21 bits per heavy atom. The van der Waals surface area contributed by atoms with Crippen LogP contribution in [0.25, 0.3) is 0 Å². The van der Waals surface area contributed by atoms with Crippen molar-refractivity contribution in [1.82, 2.24) is 14.9 Å². The standard InChI is InChI=1S/C25H31BrClN5O6/c1-25(2,3)38-24(33)31-6-4-16(5-7-31)17-12-19(26)21(20(13-17)32(34)35)37-14-18-22(27)28-15-29-23(18)30-8-10-36-11-9-30/h12-13,15-16H,4-11,14H2,1-3H3. The van der Waals surface area contributed by atoms with E-state index >= 15 is 0 Å². The molecule has 0 atom stereocenters. The second kappa shape index (κ2) is 12.0. The number of halogens is 2. The van der Waals surface area contributed by atoms with E-state index in [0.717, 1.165) is 5.56 Å². The fourth-order valence-electron chi connectivity index (χ4n) is 4.53. The minimum atomic E-state index is -0.561. The molecule has 2 saturated heterocycles. The molecule has 0 spiro atoms. The fourth-order valence-corrected chi connectivity index (χ4v) is 5.30. The van der Waals surface area contributed by atoms with Crippen LogP contribution in [-0.2, 0) is 16.1 Å². The van der Waals surface area contributed by atoms with Gasteiger partial charge in [-0.2, -0.15) is 0 Å². The zero-order valence-corrected chi connectivity index (χ0v) is 24.0. The monoisotopic (exact) mass is 611 g/mol. The van der Waals surface area contributed by atoms with Crippen LogP contribution >= 0.6 is 27.5 Å². The van der Waals surface area contributed by atoms with Crippen molar-refractivity contribution in [3.63, 3.8) is 0 Å². The topological polar surface area (TPSA) is 120 Å². The Kier molecular flexibility index (Phi) is 8.94. The summed E-state index contributed by atoms with van der Waals surface area (Å²) in [6.45, 7) is 8.91. The van der Waals surface area contributed by atoms with Crippen LogP contribution in [0, 0.1) is 10.1 Å². The summed E-state index contributed by atoms with van der Waals surface area (Å²) in [5.41, 5.74) is 0.657. The lowest BCUT2D eigenvalue weighted by Crippen LogP contribution is -2.41. The van der Waals surface area contributed by atoms with Gasteiger partial charge in [0, 0.05) is 32.2 Å². The Balaban J connectivity index is 1.50. The number of carbonyl (C=O) groups is 1. The SMILES string of the molecule is CC(C)(C)OC(=O)N1CCC(c2cc(Br)c(OCc3c(Cl)ncnc3N3CCOCC3)c([N+](=O)[O-])c2)CC1. The predicted octanol–water partition coefficient (Wildman–Crippen LogP) is 5.33. The van der Waals surface area contributed by atoms with Crippen molar-refractivity contribution >= 4 is 45.1 Å². The van der Waals surface area contributed by atoms with Crippen LogP contribution in [0.15, 0.2) is 22.9 Å². The van der Waals surface area contributed by atoms with Crippen molar-refractivity contribution in [2.45, 2.75) is 51.7 Å². The molecule has 2 aliphatic heterocycles. The minimum absolute atomic E-state index is 0.0422. The fraction of sp³-hybridized carbons (Fsp3) is 0.560. The van der Waals surface area contributed by atoms with Crippen LogP contribution in [0.4, 0.5) is 16.3 Å². The third kappa shape index (κ3) is 6.83. The lowest BCUT2D eigenvalue weighted by molar-refractivity contribution is -0.386. The van der Waals surface area contributed by atoms with Gasteiger partial charge in [0.25, 0.3) is 0 Å². The zero-order chi connectivity index (χ0) is 27.4. The van der Waals surface area contributed by atoms with E-state index in [-0.39, 0.29) is 35.2 Å². The van der Waals surface area contributed by atoms with Crippen molar-refractivity contribution in [2.24, 2.45) is 0 Å². The second-order valence-corrected chi connectivity index (χ2v) is 11.4. The molecule has 3 heterocycles. The molecule has 2 aromatic rings. The van der Waals surface area contributed by atoms with E-state index in [4.69, 9.17) is 25.8 Å². The molecular formula is C25H31BrClN5O6. The lowest BCUT2D eigenvalue weighted by Gasteiger charge is -2.33. The van der Waals surface area contributed by atoms with E-state index in [0.29, 0.717) is 68.1 Å². The first-order valence-electron chi connectivity index (χ1n) is 12.4. The first-order chi connectivity index (χ1) is 18.0. The van der Waals surface area contributed by atoms with Crippen LogP contribution in [0.3, 0.4) is 0 Å². The van der Waals surface area contributed by atoms with Crippen molar-refractivity contribution < 1.29 is 23.9 Å². The van der Waals surface area contributed by atoms with Crippen molar-refractivity contribution in [3.8, 4) is 5.75 Å². The molecule has 4 rings (SSSR count). The summed E-state index contributed by atoms with van der Waals surface area (Å²) in [7, 11) is 0. The second-order valence-electron chi connectivity index (χ2n) is 10.2. The van der Waals surface area contributed by atoms with E-state index in [1.54, 1.807) is 11.0 Å². The minimum Gasteiger partial charge on any atom is -0.481 e. The summed E-state index contributed by atoms with van der Waals surface area (Å²) in [6.07, 6.45) is 2.39. The van der Waals surface area contributed by atoms with Gasteiger partial charge in [-0.05, 0) is 67.1 Å². The smallest absolute Gasteiger partial charge is 0.410 e. The van der Waals surface area contributed by atoms with Gasteiger partial charge in [-0.25, -0.2) is 14.8 Å². The highest BCUT2D eigenvalue weighted by Gasteiger charge is 2.30. The molecular weight excluding hydrogens is 582 g/mol. The van der Waals surface area contributed by atoms with E-state index in [1.807, 2.05) is 31.7 Å². The van der Waals surface area contributed by atoms with E-state index in [1.165, 1.54) is 6.33 Å². The molecule has 1 amide bonds. The zero-order valence-electron chi connectivity index (χ0n) is 21.6. The molecule has 38 heavy (non-hydrogen) atoms. The number of morpholine rings is 1. The van der Waals surface area contributed by atoms with Gasteiger partial charge in [-0.15, -0.1) is 0 Å². The molecule has 2 aliphatic rings. The molecule has 0 saturated carbocycles. The number of ether oxygens (including phenoxy) is 3. The molecule has 0 N–H and O–H groups in total. The first-order valence-corrected chi connectivity index (χ1v) is 13.6. The molecule has 0 unspecified atom stereocenters. The number of nitrogens with zero attached hydrogens (tertiary/aromatic N) is 5. The number of hydrogen-bond acceptors (Lipinski definition) is 9. The van der Waals surface area contributed by atoms with E-state index < -0.39 is 10.5 Å². The average Bonchev–Trinajstić information content (AvgIpc) is 2.87. The van der Waals surface area contributed by atoms with Crippen LogP contribution < -0.4 is 9.64 Å². The highest BCUT2D eigenvalue weighted by Crippen LogP contribution is 2.41. The van der Waals surface area contributed by atoms with Crippen molar-refractivity contribution in [1.29, 1.82) is 0 Å². The summed E-state index contributed by atoms with van der Waals surface area (Å²) in [4.78, 5) is 36.2. The number of amides is 1. The van der Waals surface area contributed by atoms with E-state index in [2.05, 4.69) is 25.9 Å².